The minimum Gasteiger partial charge on any atom is -0.454 e. The molecule has 318 valence electrons. The van der Waals surface area contributed by atoms with Gasteiger partial charge in [0, 0.05) is 61.6 Å². The van der Waals surface area contributed by atoms with Gasteiger partial charge in [0.05, 0.1) is 11.2 Å². The summed E-state index contributed by atoms with van der Waals surface area (Å²) in [5.41, 5.74) is 19.2. The summed E-state index contributed by atoms with van der Waals surface area (Å²) in [6.07, 6.45) is 0. The van der Waals surface area contributed by atoms with Crippen LogP contribution in [0.25, 0.3) is 16.6 Å². The predicted octanol–water partition coefficient (Wildman–Crippen LogP) is 14.0. The monoisotopic (exact) mass is 835 g/mol. The van der Waals surface area contributed by atoms with Gasteiger partial charge in [-0.15, -0.1) is 0 Å². The lowest BCUT2D eigenvalue weighted by molar-refractivity contribution is 0.421. The molecule has 0 amide bonds. The van der Waals surface area contributed by atoms with Crippen LogP contribution < -0.4 is 31.1 Å². The van der Waals surface area contributed by atoms with Gasteiger partial charge >= 0.3 is 0 Å². The fourth-order valence-electron chi connectivity index (χ4n) is 10.8. The third-order valence-corrected chi connectivity index (χ3v) is 14.3. The van der Waals surface area contributed by atoms with E-state index < -0.39 is 0 Å². The van der Waals surface area contributed by atoms with Crippen LogP contribution in [-0.2, 0) is 21.7 Å². The van der Waals surface area contributed by atoms with Gasteiger partial charge in [0.25, 0.3) is 6.71 Å². The molecule has 3 aliphatic rings. The zero-order valence-corrected chi connectivity index (χ0v) is 39.3. The van der Waals surface area contributed by atoms with Crippen LogP contribution in [0, 0.1) is 0 Å². The van der Waals surface area contributed by atoms with Gasteiger partial charge in [-0.2, -0.15) is 0 Å². The van der Waals surface area contributed by atoms with E-state index >= 15 is 0 Å². The summed E-state index contributed by atoms with van der Waals surface area (Å²) in [5, 5.41) is 1.16. The average molecular weight is 836 g/mol. The van der Waals surface area contributed by atoms with Gasteiger partial charge in [-0.25, -0.2) is 0 Å². The number of rotatable bonds is 3. The van der Waals surface area contributed by atoms with Gasteiger partial charge in [-0.1, -0.05) is 167 Å². The van der Waals surface area contributed by atoms with Crippen molar-refractivity contribution in [1.82, 2.24) is 4.57 Å². The quantitative estimate of drug-likeness (QED) is 0.165. The highest BCUT2D eigenvalue weighted by Crippen LogP contribution is 2.54. The second kappa shape index (κ2) is 13.8. The lowest BCUT2D eigenvalue weighted by Crippen LogP contribution is -2.63. The van der Waals surface area contributed by atoms with Gasteiger partial charge in [0.2, 0.25) is 0 Å². The third kappa shape index (κ3) is 5.96. The van der Waals surface area contributed by atoms with Gasteiger partial charge in [-0.05, 0) is 105 Å². The molecule has 64 heavy (non-hydrogen) atoms. The van der Waals surface area contributed by atoms with Crippen molar-refractivity contribution in [3.05, 3.63) is 179 Å². The molecule has 3 aliphatic heterocycles. The van der Waals surface area contributed by atoms with E-state index in [0.29, 0.717) is 0 Å². The zero-order chi connectivity index (χ0) is 44.7. The Morgan fingerprint density at radius 1 is 0.484 bits per heavy atom. The topological polar surface area (TPSA) is 20.6 Å². The van der Waals surface area contributed by atoms with Crippen LogP contribution in [0.15, 0.2) is 152 Å². The fraction of sp³-hybridized carbons (Fsp3) is 0.254. The summed E-state index contributed by atoms with van der Waals surface area (Å²) in [7, 11) is 0. The van der Waals surface area contributed by atoms with Crippen molar-refractivity contribution >= 4 is 68.3 Å². The van der Waals surface area contributed by atoms with E-state index in [1.807, 2.05) is 0 Å². The molecule has 0 N–H and O–H groups in total. The van der Waals surface area contributed by atoms with E-state index in [1.165, 1.54) is 67.1 Å². The number of hydrogen-bond donors (Lipinski definition) is 0. The molecule has 8 aromatic rings. The minimum atomic E-state index is -0.286. The Labute approximate surface area is 380 Å². The van der Waals surface area contributed by atoms with E-state index in [-0.39, 0.29) is 28.4 Å². The van der Waals surface area contributed by atoms with Crippen molar-refractivity contribution in [3.63, 3.8) is 0 Å². The highest BCUT2D eigenvalue weighted by atomic mass is 16.5. The number of ether oxygens (including phenoxy) is 1. The molecule has 0 bridgehead atoms. The largest absolute Gasteiger partial charge is 0.454 e. The van der Waals surface area contributed by atoms with Crippen LogP contribution in [0.3, 0.4) is 0 Å². The summed E-state index contributed by atoms with van der Waals surface area (Å²) in [5.74, 6) is 1.84. The lowest BCUT2D eigenvalue weighted by atomic mass is 9.34. The summed E-state index contributed by atoms with van der Waals surface area (Å²) >= 11 is 0. The summed E-state index contributed by atoms with van der Waals surface area (Å²) in [6, 6.07) is 57.1. The van der Waals surface area contributed by atoms with Crippen LogP contribution in [0.4, 0.5) is 34.1 Å². The van der Waals surface area contributed by atoms with E-state index in [9.17, 15) is 0 Å². The molecule has 4 heterocycles. The van der Waals surface area contributed by atoms with Crippen LogP contribution in [-0.4, -0.2) is 11.3 Å². The Morgan fingerprint density at radius 2 is 1.05 bits per heavy atom. The summed E-state index contributed by atoms with van der Waals surface area (Å²) < 4.78 is 9.80. The number of hydrogen-bond acceptors (Lipinski definition) is 3. The molecule has 1 aromatic heterocycles. The van der Waals surface area contributed by atoms with Crippen molar-refractivity contribution in [1.29, 1.82) is 0 Å². The van der Waals surface area contributed by atoms with Gasteiger partial charge < -0.3 is 19.1 Å². The van der Waals surface area contributed by atoms with Crippen LogP contribution >= 0.6 is 0 Å². The first-order valence-corrected chi connectivity index (χ1v) is 23.1. The van der Waals surface area contributed by atoms with Gasteiger partial charge in [-0.3, -0.25) is 0 Å². The first-order valence-electron chi connectivity index (χ1n) is 23.1. The van der Waals surface area contributed by atoms with Crippen LogP contribution in [0.5, 0.6) is 11.5 Å². The normalized spacial score (nSPS) is 15.0. The van der Waals surface area contributed by atoms with Gasteiger partial charge in [0.1, 0.15) is 5.75 Å². The Bertz CT molecular complexity index is 3160. The maximum Gasteiger partial charge on any atom is 0.273 e. The standard InChI is InChI=1S/C59H58BN3O/c1-56(2,3)37-24-29-41(30-25-37)61-47-35-28-39(58(7,8)9)36-46(47)60-51-48(61)21-17-22-49(51)62(42-31-26-38(27-32-42)57(4,5)6)53-43-33-34-45-54(64-50-23-16-15-20-44(50)59(45,10)11)52(43)63(55(53)60)40-18-13-12-14-19-40/h12-36H,1-11H3. The molecule has 0 saturated carbocycles. The zero-order valence-electron chi connectivity index (χ0n) is 39.3. The molecule has 0 atom stereocenters. The molecule has 0 spiro atoms. The molecule has 0 radical (unpaired) electrons. The molecule has 11 rings (SSSR count). The Hall–Kier alpha value is -6.46. The molecule has 0 fully saturated rings. The first-order chi connectivity index (χ1) is 30.4. The molecule has 0 aliphatic carbocycles. The Balaban J connectivity index is 1.30. The van der Waals surface area contributed by atoms with E-state index in [4.69, 9.17) is 4.74 Å². The molecular weight excluding hydrogens is 777 g/mol. The second-order valence-corrected chi connectivity index (χ2v) is 21.9. The van der Waals surface area contributed by atoms with E-state index in [2.05, 4.69) is 242 Å². The predicted molar refractivity (Wildman–Crippen MR) is 272 cm³/mol. The van der Waals surface area contributed by atoms with Crippen molar-refractivity contribution < 1.29 is 4.74 Å². The lowest BCUT2D eigenvalue weighted by Gasteiger charge is -2.44. The average Bonchev–Trinajstić information content (AvgIpc) is 3.61. The highest BCUT2D eigenvalue weighted by molar-refractivity contribution is 7.00. The van der Waals surface area contributed by atoms with Crippen molar-refractivity contribution in [2.45, 2.75) is 97.8 Å². The molecule has 4 nitrogen and oxygen atoms in total. The number of benzene rings is 7. The molecule has 0 unspecified atom stereocenters. The maximum atomic E-state index is 7.24. The van der Waals surface area contributed by atoms with Crippen molar-refractivity contribution in [2.75, 3.05) is 9.80 Å². The summed E-state index contributed by atoms with van der Waals surface area (Å²) in [4.78, 5) is 5.09. The smallest absolute Gasteiger partial charge is 0.273 e. The first kappa shape index (κ1) is 40.3. The van der Waals surface area contributed by atoms with Crippen LogP contribution in [0.2, 0.25) is 0 Å². The Kier molecular flexibility index (Phi) is 8.68. The van der Waals surface area contributed by atoms with Crippen molar-refractivity contribution in [2.24, 2.45) is 0 Å². The molecule has 5 heteroatoms. The SMILES string of the molecule is CC(C)(C)c1ccc(N2c3ccc(C(C)(C)C)cc3B3c4c2cccc4N(c2ccc(C(C)(C)C)cc2)c2c3n(-c3ccccc3)c3c4c(ccc23)C(C)(C)c2ccccc2O4)cc1. The number of nitrogens with zero attached hydrogens (tertiary/aromatic N) is 3. The molecule has 0 saturated heterocycles. The highest BCUT2D eigenvalue weighted by Gasteiger charge is 2.48. The van der Waals surface area contributed by atoms with Crippen LogP contribution in [0.1, 0.15) is 104 Å². The number of para-hydroxylation sites is 2. The second-order valence-electron chi connectivity index (χ2n) is 21.9. The number of anilines is 6. The summed E-state index contributed by atoms with van der Waals surface area (Å²) in [6.45, 7) is 25.3. The third-order valence-electron chi connectivity index (χ3n) is 14.3. The molecule has 7 aromatic carbocycles. The number of fused-ring (bicyclic) bond motifs is 9. The Morgan fingerprint density at radius 3 is 1.67 bits per heavy atom. The fourth-order valence-corrected chi connectivity index (χ4v) is 10.8. The van der Waals surface area contributed by atoms with Crippen molar-refractivity contribution in [3.8, 4) is 17.2 Å². The van der Waals surface area contributed by atoms with E-state index in [0.717, 1.165) is 39.5 Å². The minimum absolute atomic E-state index is 0.0168. The number of aromatic nitrogens is 1. The van der Waals surface area contributed by atoms with Gasteiger partial charge in [0.15, 0.2) is 5.75 Å². The van der Waals surface area contributed by atoms with E-state index in [1.54, 1.807) is 0 Å². The molecular formula is C59H58BN3O. The maximum absolute atomic E-state index is 7.24.